The van der Waals surface area contributed by atoms with Crippen LogP contribution in [0.25, 0.3) is 0 Å². The fourth-order valence-electron chi connectivity index (χ4n) is 3.18. The minimum atomic E-state index is -0.324. The van der Waals surface area contributed by atoms with Gasteiger partial charge in [-0.15, -0.1) is 0 Å². The largest absolute Gasteiger partial charge is 0.379 e. The molecule has 4 nitrogen and oxygen atoms in total. The van der Waals surface area contributed by atoms with Crippen LogP contribution in [0.4, 0.5) is 0 Å². The van der Waals surface area contributed by atoms with E-state index in [2.05, 4.69) is 24.5 Å². The molecule has 4 heteroatoms. The topological polar surface area (TPSA) is 50.4 Å². The van der Waals surface area contributed by atoms with Gasteiger partial charge in [0.15, 0.2) is 0 Å². The Bertz CT molecular complexity index is 292. The Hall–Kier alpha value is -0.610. The molecule has 0 aromatic carbocycles. The molecule has 1 amide bonds. The van der Waals surface area contributed by atoms with Gasteiger partial charge in [-0.25, -0.2) is 0 Å². The van der Waals surface area contributed by atoms with Crippen molar-refractivity contribution in [3.63, 3.8) is 0 Å². The van der Waals surface area contributed by atoms with E-state index >= 15 is 0 Å². The molecule has 0 saturated carbocycles. The van der Waals surface area contributed by atoms with Crippen LogP contribution in [0, 0.1) is 0 Å². The van der Waals surface area contributed by atoms with Gasteiger partial charge in [-0.2, -0.15) is 0 Å². The Kier molecular flexibility index (Phi) is 4.28. The van der Waals surface area contributed by atoms with Crippen LogP contribution in [0.1, 0.15) is 52.4 Å². The van der Waals surface area contributed by atoms with Gasteiger partial charge in [-0.1, -0.05) is 13.3 Å². The van der Waals surface area contributed by atoms with Gasteiger partial charge in [0.1, 0.15) is 0 Å². The third-order valence-corrected chi connectivity index (χ3v) is 4.21. The fraction of sp³-hybridized carbons (Fsp3) is 0.929. The maximum Gasteiger partial charge on any atom is 0.240 e. The minimum absolute atomic E-state index is 0.176. The zero-order chi connectivity index (χ0) is 13.1. The van der Waals surface area contributed by atoms with E-state index in [4.69, 9.17) is 4.74 Å². The van der Waals surface area contributed by atoms with E-state index in [-0.39, 0.29) is 17.0 Å². The first-order chi connectivity index (χ1) is 8.60. The number of carbonyl (C=O) groups excluding carboxylic acids is 1. The maximum atomic E-state index is 12.6. The highest BCUT2D eigenvalue weighted by atomic mass is 16.5. The van der Waals surface area contributed by atoms with Gasteiger partial charge in [0.2, 0.25) is 5.91 Å². The molecule has 0 spiro atoms. The smallest absolute Gasteiger partial charge is 0.240 e. The average molecular weight is 254 g/mol. The molecule has 0 aromatic rings. The lowest BCUT2D eigenvalue weighted by Gasteiger charge is -2.38. The number of hydrogen-bond donors (Lipinski definition) is 2. The lowest BCUT2D eigenvalue weighted by Crippen LogP contribution is -2.61. The lowest BCUT2D eigenvalue weighted by molar-refractivity contribution is -0.131. The van der Waals surface area contributed by atoms with E-state index < -0.39 is 0 Å². The van der Waals surface area contributed by atoms with Crippen molar-refractivity contribution in [3.8, 4) is 0 Å². The second-order valence-corrected chi connectivity index (χ2v) is 6.03. The molecule has 0 aromatic heterocycles. The summed E-state index contributed by atoms with van der Waals surface area (Å²) in [5.74, 6) is 0.176. The monoisotopic (exact) mass is 254 g/mol. The van der Waals surface area contributed by atoms with Crippen molar-refractivity contribution in [3.05, 3.63) is 0 Å². The second-order valence-electron chi connectivity index (χ2n) is 6.03. The minimum Gasteiger partial charge on any atom is -0.379 e. The zero-order valence-corrected chi connectivity index (χ0v) is 11.7. The quantitative estimate of drug-likeness (QED) is 0.801. The standard InChI is InChI=1S/C14H26N2O2/c1-3-6-14(8-4-9-15-14)12(17)16-13(2)7-5-10-18-11-13/h15H,3-11H2,1-2H3,(H,16,17). The van der Waals surface area contributed by atoms with Crippen molar-refractivity contribution in [2.24, 2.45) is 0 Å². The van der Waals surface area contributed by atoms with Gasteiger partial charge in [0.05, 0.1) is 17.7 Å². The van der Waals surface area contributed by atoms with E-state index in [9.17, 15) is 4.79 Å². The first-order valence-corrected chi connectivity index (χ1v) is 7.26. The highest BCUT2D eigenvalue weighted by molar-refractivity contribution is 5.87. The highest BCUT2D eigenvalue weighted by Gasteiger charge is 2.42. The number of ether oxygens (including phenoxy) is 1. The van der Waals surface area contributed by atoms with E-state index in [0.29, 0.717) is 6.61 Å². The van der Waals surface area contributed by atoms with Gasteiger partial charge in [-0.05, 0) is 45.6 Å². The van der Waals surface area contributed by atoms with Crippen LogP contribution in [0.15, 0.2) is 0 Å². The molecule has 2 rings (SSSR count). The zero-order valence-electron chi connectivity index (χ0n) is 11.7. The van der Waals surface area contributed by atoms with Crippen molar-refractivity contribution >= 4 is 5.91 Å². The summed E-state index contributed by atoms with van der Waals surface area (Å²) in [6.07, 6.45) is 6.07. The summed E-state index contributed by atoms with van der Waals surface area (Å²) in [5, 5.41) is 6.66. The Morgan fingerprint density at radius 2 is 2.22 bits per heavy atom. The predicted octanol–water partition coefficient (Wildman–Crippen LogP) is 1.59. The van der Waals surface area contributed by atoms with Crippen LogP contribution in [-0.4, -0.2) is 36.7 Å². The molecule has 18 heavy (non-hydrogen) atoms. The Morgan fingerprint density at radius 1 is 1.39 bits per heavy atom. The summed E-state index contributed by atoms with van der Waals surface area (Å²) in [4.78, 5) is 12.6. The van der Waals surface area contributed by atoms with E-state index in [1.165, 1.54) is 0 Å². The van der Waals surface area contributed by atoms with Gasteiger partial charge in [0.25, 0.3) is 0 Å². The summed E-state index contributed by atoms with van der Waals surface area (Å²) in [7, 11) is 0. The molecule has 2 unspecified atom stereocenters. The average Bonchev–Trinajstić information content (AvgIpc) is 2.80. The number of carbonyl (C=O) groups is 1. The van der Waals surface area contributed by atoms with Gasteiger partial charge in [0, 0.05) is 6.61 Å². The third-order valence-electron chi connectivity index (χ3n) is 4.21. The normalized spacial score (nSPS) is 36.6. The summed E-state index contributed by atoms with van der Waals surface area (Å²) in [5.41, 5.74) is -0.504. The van der Waals surface area contributed by atoms with E-state index in [0.717, 1.165) is 51.7 Å². The van der Waals surface area contributed by atoms with Crippen LogP contribution in [-0.2, 0) is 9.53 Å². The summed E-state index contributed by atoms with van der Waals surface area (Å²) < 4.78 is 5.51. The molecule has 0 radical (unpaired) electrons. The third kappa shape index (κ3) is 2.86. The molecular formula is C14H26N2O2. The molecule has 2 saturated heterocycles. The van der Waals surface area contributed by atoms with Crippen molar-refractivity contribution in [1.82, 2.24) is 10.6 Å². The first kappa shape index (κ1) is 13.8. The Labute approximate surface area is 110 Å². The molecule has 2 aliphatic heterocycles. The second kappa shape index (κ2) is 5.57. The van der Waals surface area contributed by atoms with E-state index in [1.54, 1.807) is 0 Å². The molecule has 0 bridgehead atoms. The Balaban J connectivity index is 2.00. The molecule has 104 valence electrons. The summed E-state index contributed by atoms with van der Waals surface area (Å²) >= 11 is 0. The van der Waals surface area contributed by atoms with Gasteiger partial charge < -0.3 is 15.4 Å². The van der Waals surface area contributed by atoms with Crippen molar-refractivity contribution in [2.75, 3.05) is 19.8 Å². The number of nitrogens with one attached hydrogen (secondary N) is 2. The Morgan fingerprint density at radius 3 is 2.78 bits per heavy atom. The molecule has 2 aliphatic rings. The van der Waals surface area contributed by atoms with Crippen LogP contribution in [0.3, 0.4) is 0 Å². The maximum absolute atomic E-state index is 12.6. The number of rotatable bonds is 4. The fourth-order valence-corrected chi connectivity index (χ4v) is 3.18. The van der Waals surface area contributed by atoms with Gasteiger partial charge in [-0.3, -0.25) is 4.79 Å². The van der Waals surface area contributed by atoms with Crippen LogP contribution in [0.5, 0.6) is 0 Å². The van der Waals surface area contributed by atoms with E-state index in [1.807, 2.05) is 0 Å². The highest BCUT2D eigenvalue weighted by Crippen LogP contribution is 2.27. The molecule has 2 fully saturated rings. The van der Waals surface area contributed by atoms with Gasteiger partial charge >= 0.3 is 0 Å². The molecule has 2 N–H and O–H groups in total. The lowest BCUT2D eigenvalue weighted by atomic mass is 9.88. The molecule has 0 aliphatic carbocycles. The molecule has 2 heterocycles. The number of hydrogen-bond acceptors (Lipinski definition) is 3. The van der Waals surface area contributed by atoms with Crippen LogP contribution in [0.2, 0.25) is 0 Å². The SMILES string of the molecule is CCCC1(C(=O)NC2(C)CCCOC2)CCCN1. The number of amides is 1. The summed E-state index contributed by atoms with van der Waals surface area (Å²) in [6, 6.07) is 0. The van der Waals surface area contributed by atoms with Crippen molar-refractivity contribution in [2.45, 2.75) is 63.5 Å². The molecular weight excluding hydrogens is 228 g/mol. The van der Waals surface area contributed by atoms with Crippen molar-refractivity contribution in [1.29, 1.82) is 0 Å². The van der Waals surface area contributed by atoms with Crippen LogP contribution >= 0.6 is 0 Å². The van der Waals surface area contributed by atoms with Crippen LogP contribution < -0.4 is 10.6 Å². The first-order valence-electron chi connectivity index (χ1n) is 7.26. The predicted molar refractivity (Wildman–Crippen MR) is 71.5 cm³/mol. The summed E-state index contributed by atoms with van der Waals surface area (Å²) in [6.45, 7) is 6.66. The molecule has 2 atom stereocenters. The van der Waals surface area contributed by atoms with Crippen molar-refractivity contribution < 1.29 is 9.53 Å².